The molecule has 3 fully saturated rings. The molecule has 4 heterocycles. The molecule has 26 heavy (non-hydrogen) atoms. The van der Waals surface area contributed by atoms with Gasteiger partial charge in [-0.15, -0.1) is 0 Å². The van der Waals surface area contributed by atoms with Gasteiger partial charge in [-0.1, -0.05) is 11.6 Å². The first-order chi connectivity index (χ1) is 12.4. The molecule has 1 aromatic rings. The Morgan fingerprint density at radius 3 is 2.65 bits per heavy atom. The summed E-state index contributed by atoms with van der Waals surface area (Å²) in [6.07, 6.45) is 1.25. The first-order valence-corrected chi connectivity index (χ1v) is 9.27. The summed E-state index contributed by atoms with van der Waals surface area (Å²) in [4.78, 5) is 28.9. The quantitative estimate of drug-likeness (QED) is 0.628. The van der Waals surface area contributed by atoms with E-state index < -0.39 is 12.0 Å². The van der Waals surface area contributed by atoms with Crippen molar-refractivity contribution in [3.05, 3.63) is 22.7 Å². The Labute approximate surface area is 157 Å². The second-order valence-electron chi connectivity index (χ2n) is 7.31. The summed E-state index contributed by atoms with van der Waals surface area (Å²) in [7, 11) is 1.62. The Hall–Kier alpha value is -1.83. The van der Waals surface area contributed by atoms with E-state index in [0.29, 0.717) is 23.2 Å². The summed E-state index contributed by atoms with van der Waals surface area (Å²) in [5.41, 5.74) is 0.615. The number of amides is 2. The molecule has 2 atom stereocenters. The van der Waals surface area contributed by atoms with Gasteiger partial charge in [0.25, 0.3) is 11.8 Å². The van der Waals surface area contributed by atoms with Gasteiger partial charge in [0.15, 0.2) is 11.9 Å². The lowest BCUT2D eigenvalue weighted by Gasteiger charge is -2.47. The van der Waals surface area contributed by atoms with Gasteiger partial charge in [-0.3, -0.25) is 14.8 Å². The van der Waals surface area contributed by atoms with Crippen LogP contribution in [0.3, 0.4) is 0 Å². The number of hydrogen-bond donors (Lipinski definition) is 1. The lowest BCUT2D eigenvalue weighted by atomic mass is 9.83. The SMILES string of the molecule is CC1Oc2c(C(=O)N(O)C3CN4CCC3CC4)cc(Cl)cc2N(C)C1=O. The lowest BCUT2D eigenvalue weighted by molar-refractivity contribution is -0.133. The number of piperidine rings is 3. The largest absolute Gasteiger partial charge is 0.478 e. The van der Waals surface area contributed by atoms with Gasteiger partial charge in [0, 0.05) is 18.6 Å². The molecule has 5 rings (SSSR count). The average Bonchev–Trinajstić information content (AvgIpc) is 2.66. The van der Waals surface area contributed by atoms with Crippen LogP contribution in [0, 0.1) is 5.92 Å². The van der Waals surface area contributed by atoms with Crippen molar-refractivity contribution in [1.29, 1.82) is 0 Å². The molecule has 1 aromatic carbocycles. The molecule has 0 saturated carbocycles. The molecule has 0 aliphatic carbocycles. The monoisotopic (exact) mass is 379 g/mol. The normalized spacial score (nSPS) is 30.0. The van der Waals surface area contributed by atoms with E-state index in [1.54, 1.807) is 20.0 Å². The molecule has 0 spiro atoms. The number of carbonyl (C=O) groups is 2. The van der Waals surface area contributed by atoms with Crippen molar-refractivity contribution in [2.75, 3.05) is 31.6 Å². The molecule has 1 N–H and O–H groups in total. The van der Waals surface area contributed by atoms with Crippen molar-refractivity contribution >= 4 is 29.1 Å². The summed E-state index contributed by atoms with van der Waals surface area (Å²) in [5, 5.41) is 11.8. The topological polar surface area (TPSA) is 73.3 Å². The number of fused-ring (bicyclic) bond motifs is 4. The molecular formula is C18H22ClN3O4. The minimum atomic E-state index is -0.704. The molecule has 2 unspecified atom stereocenters. The molecule has 8 heteroatoms. The van der Waals surface area contributed by atoms with E-state index in [0.717, 1.165) is 31.0 Å². The van der Waals surface area contributed by atoms with E-state index in [2.05, 4.69) is 4.90 Å². The molecule has 2 bridgehead atoms. The van der Waals surface area contributed by atoms with Crippen LogP contribution in [0.1, 0.15) is 30.1 Å². The zero-order chi connectivity index (χ0) is 18.6. The number of carbonyl (C=O) groups excluding carboxylic acids is 2. The number of ether oxygens (including phenoxy) is 1. The van der Waals surface area contributed by atoms with Crippen molar-refractivity contribution in [3.8, 4) is 5.75 Å². The summed E-state index contributed by atoms with van der Waals surface area (Å²) in [5.74, 6) is -0.170. The van der Waals surface area contributed by atoms with E-state index in [1.807, 2.05) is 0 Å². The maximum Gasteiger partial charge on any atom is 0.281 e. The molecule has 140 valence electrons. The number of rotatable bonds is 2. The third-order valence-corrected chi connectivity index (χ3v) is 5.96. The predicted molar refractivity (Wildman–Crippen MR) is 95.9 cm³/mol. The van der Waals surface area contributed by atoms with Gasteiger partial charge >= 0.3 is 0 Å². The maximum absolute atomic E-state index is 13.1. The van der Waals surface area contributed by atoms with E-state index in [9.17, 15) is 14.8 Å². The Balaban J connectivity index is 1.68. The van der Waals surface area contributed by atoms with Crippen molar-refractivity contribution in [1.82, 2.24) is 9.96 Å². The Bertz CT molecular complexity index is 763. The van der Waals surface area contributed by atoms with Crippen LogP contribution in [-0.4, -0.2) is 65.8 Å². The number of halogens is 1. The first kappa shape index (κ1) is 17.6. The summed E-state index contributed by atoms with van der Waals surface area (Å²) in [6.45, 7) is 4.34. The zero-order valence-electron chi connectivity index (χ0n) is 14.8. The fourth-order valence-corrected chi connectivity index (χ4v) is 4.43. The van der Waals surface area contributed by atoms with Crippen LogP contribution in [0.2, 0.25) is 5.02 Å². The van der Waals surface area contributed by atoms with Gasteiger partial charge in [-0.2, -0.15) is 0 Å². The number of likely N-dealkylation sites (N-methyl/N-ethyl adjacent to an activating group) is 1. The molecule has 7 nitrogen and oxygen atoms in total. The van der Waals surface area contributed by atoms with Gasteiger partial charge in [0.2, 0.25) is 0 Å². The van der Waals surface area contributed by atoms with Crippen LogP contribution in [0.25, 0.3) is 0 Å². The third kappa shape index (κ3) is 2.74. The second-order valence-corrected chi connectivity index (χ2v) is 7.75. The van der Waals surface area contributed by atoms with Gasteiger partial charge < -0.3 is 14.5 Å². The van der Waals surface area contributed by atoms with Gasteiger partial charge in [0.1, 0.15) is 0 Å². The Morgan fingerprint density at radius 2 is 2.04 bits per heavy atom. The van der Waals surface area contributed by atoms with Crippen LogP contribution < -0.4 is 9.64 Å². The van der Waals surface area contributed by atoms with Crippen LogP contribution in [0.5, 0.6) is 5.75 Å². The van der Waals surface area contributed by atoms with Crippen LogP contribution in [0.15, 0.2) is 12.1 Å². The predicted octanol–water partition coefficient (Wildman–Crippen LogP) is 2.01. The summed E-state index contributed by atoms with van der Waals surface area (Å²) in [6, 6.07) is 2.84. The first-order valence-electron chi connectivity index (χ1n) is 8.89. The molecule has 4 aliphatic rings. The van der Waals surface area contributed by atoms with Crippen LogP contribution in [-0.2, 0) is 4.79 Å². The molecule has 0 aromatic heterocycles. The van der Waals surface area contributed by atoms with E-state index in [4.69, 9.17) is 16.3 Å². The highest BCUT2D eigenvalue weighted by Crippen LogP contribution is 2.40. The Morgan fingerprint density at radius 1 is 1.35 bits per heavy atom. The van der Waals surface area contributed by atoms with Gasteiger partial charge in [-0.05, 0) is 50.9 Å². The highest BCUT2D eigenvalue weighted by Gasteiger charge is 2.41. The van der Waals surface area contributed by atoms with Crippen LogP contribution >= 0.6 is 11.6 Å². The molecule has 3 saturated heterocycles. The molecule has 0 radical (unpaired) electrons. The average molecular weight is 380 g/mol. The highest BCUT2D eigenvalue weighted by atomic mass is 35.5. The number of benzene rings is 1. The minimum Gasteiger partial charge on any atom is -0.478 e. The third-order valence-electron chi connectivity index (χ3n) is 5.74. The van der Waals surface area contributed by atoms with Gasteiger partial charge in [0.05, 0.1) is 17.3 Å². The minimum absolute atomic E-state index is 0.178. The number of hydrogen-bond acceptors (Lipinski definition) is 5. The van der Waals surface area contributed by atoms with Crippen LogP contribution in [0.4, 0.5) is 5.69 Å². The number of nitrogens with zero attached hydrogens (tertiary/aromatic N) is 3. The lowest BCUT2D eigenvalue weighted by Crippen LogP contribution is -2.57. The van der Waals surface area contributed by atoms with Crippen molar-refractivity contribution < 1.29 is 19.5 Å². The summed E-state index contributed by atoms with van der Waals surface area (Å²) < 4.78 is 5.70. The fraction of sp³-hybridized carbons (Fsp3) is 0.556. The fourth-order valence-electron chi connectivity index (χ4n) is 4.21. The zero-order valence-corrected chi connectivity index (χ0v) is 15.6. The highest BCUT2D eigenvalue weighted by molar-refractivity contribution is 6.31. The maximum atomic E-state index is 13.1. The van der Waals surface area contributed by atoms with E-state index in [1.165, 1.54) is 11.0 Å². The van der Waals surface area contributed by atoms with Crippen molar-refractivity contribution in [2.45, 2.75) is 31.9 Å². The van der Waals surface area contributed by atoms with Crippen molar-refractivity contribution in [3.63, 3.8) is 0 Å². The molecule has 4 aliphatic heterocycles. The Kier molecular flexibility index (Phi) is 4.33. The van der Waals surface area contributed by atoms with E-state index in [-0.39, 0.29) is 23.3 Å². The van der Waals surface area contributed by atoms with Crippen molar-refractivity contribution in [2.24, 2.45) is 5.92 Å². The molecular weight excluding hydrogens is 358 g/mol. The summed E-state index contributed by atoms with van der Waals surface area (Å²) >= 11 is 6.17. The van der Waals surface area contributed by atoms with Gasteiger partial charge in [-0.25, -0.2) is 5.06 Å². The standard InChI is InChI=1S/C18H22ClN3O4/c1-10-17(23)20(2)14-8-12(19)7-13(16(14)26-10)18(24)22(25)15-9-21-5-3-11(15)4-6-21/h7-8,10-11,15,25H,3-6,9H2,1-2H3. The smallest absolute Gasteiger partial charge is 0.281 e. The van der Waals surface area contributed by atoms with E-state index >= 15 is 0 Å². The molecule has 2 amide bonds. The number of hydroxylamine groups is 2. The second kappa shape index (κ2) is 6.40. The number of anilines is 1.